The molecule has 0 aliphatic heterocycles. The van der Waals surface area contributed by atoms with E-state index in [9.17, 15) is 13.2 Å². The molecule has 0 radical (unpaired) electrons. The molecule has 1 rings (SSSR count). The van der Waals surface area contributed by atoms with Crippen LogP contribution in [0.1, 0.15) is 31.1 Å². The van der Waals surface area contributed by atoms with Gasteiger partial charge < -0.3 is 10.6 Å². The van der Waals surface area contributed by atoms with Gasteiger partial charge in [0.05, 0.1) is 4.90 Å². The van der Waals surface area contributed by atoms with Gasteiger partial charge in [0.25, 0.3) is 5.91 Å². The summed E-state index contributed by atoms with van der Waals surface area (Å²) in [5, 5.41) is 5.76. The van der Waals surface area contributed by atoms with Gasteiger partial charge in [-0.2, -0.15) is 0 Å². The molecule has 6 nitrogen and oxygen atoms in total. The Morgan fingerprint density at radius 3 is 2.48 bits per heavy atom. The summed E-state index contributed by atoms with van der Waals surface area (Å²) in [5.74, 6) is -0.293. The number of rotatable bonds is 7. The number of carbonyl (C=O) groups is 1. The quantitative estimate of drug-likeness (QED) is 0.692. The standard InChI is InChI=1S/C14H23N3O3S/c1-10(2)17-21(19,20)13-7-5-6-12(8-13)14(18)16-9-11(3)15-4/h5-8,10-11,15,17H,9H2,1-4H3,(H,16,18). The van der Waals surface area contributed by atoms with Gasteiger partial charge in [-0.05, 0) is 46.0 Å². The summed E-state index contributed by atoms with van der Waals surface area (Å²) >= 11 is 0. The molecular formula is C14H23N3O3S. The highest BCUT2D eigenvalue weighted by Crippen LogP contribution is 2.12. The second kappa shape index (κ2) is 7.53. The number of amides is 1. The SMILES string of the molecule is CNC(C)CNC(=O)c1cccc(S(=O)(=O)NC(C)C)c1. The van der Waals surface area contributed by atoms with Crippen LogP contribution in [0.5, 0.6) is 0 Å². The first-order valence-corrected chi connectivity index (χ1v) is 8.32. The summed E-state index contributed by atoms with van der Waals surface area (Å²) in [7, 11) is -1.79. The largest absolute Gasteiger partial charge is 0.350 e. The van der Waals surface area contributed by atoms with E-state index in [1.54, 1.807) is 26.0 Å². The van der Waals surface area contributed by atoms with Crippen molar-refractivity contribution in [3.8, 4) is 0 Å². The van der Waals surface area contributed by atoms with E-state index in [1.807, 2.05) is 14.0 Å². The van der Waals surface area contributed by atoms with Crippen LogP contribution in [0, 0.1) is 0 Å². The molecule has 0 spiro atoms. The van der Waals surface area contributed by atoms with Gasteiger partial charge in [0.2, 0.25) is 10.0 Å². The van der Waals surface area contributed by atoms with Crippen molar-refractivity contribution in [2.24, 2.45) is 0 Å². The van der Waals surface area contributed by atoms with Crippen LogP contribution in [0.25, 0.3) is 0 Å². The Kier molecular flexibility index (Phi) is 6.32. The van der Waals surface area contributed by atoms with Crippen molar-refractivity contribution in [3.05, 3.63) is 29.8 Å². The molecular weight excluding hydrogens is 290 g/mol. The van der Waals surface area contributed by atoms with Gasteiger partial charge in [0.1, 0.15) is 0 Å². The topological polar surface area (TPSA) is 87.3 Å². The minimum Gasteiger partial charge on any atom is -0.350 e. The molecule has 0 bridgehead atoms. The summed E-state index contributed by atoms with van der Waals surface area (Å²) in [6, 6.07) is 5.94. The van der Waals surface area contributed by atoms with E-state index in [2.05, 4.69) is 15.4 Å². The van der Waals surface area contributed by atoms with Crippen LogP contribution in [-0.2, 0) is 10.0 Å². The maximum absolute atomic E-state index is 12.1. The molecule has 0 aromatic heterocycles. The molecule has 0 fully saturated rings. The monoisotopic (exact) mass is 313 g/mol. The van der Waals surface area contributed by atoms with E-state index in [1.165, 1.54) is 12.1 Å². The van der Waals surface area contributed by atoms with Crippen molar-refractivity contribution < 1.29 is 13.2 Å². The maximum Gasteiger partial charge on any atom is 0.251 e. The molecule has 21 heavy (non-hydrogen) atoms. The summed E-state index contributed by atoms with van der Waals surface area (Å²) in [4.78, 5) is 12.1. The van der Waals surface area contributed by atoms with E-state index in [0.717, 1.165) is 0 Å². The number of likely N-dealkylation sites (N-methyl/N-ethyl adjacent to an activating group) is 1. The maximum atomic E-state index is 12.1. The van der Waals surface area contributed by atoms with Gasteiger partial charge >= 0.3 is 0 Å². The van der Waals surface area contributed by atoms with Gasteiger partial charge in [-0.3, -0.25) is 4.79 Å². The number of benzene rings is 1. The summed E-state index contributed by atoms with van der Waals surface area (Å²) in [6.45, 7) is 5.89. The van der Waals surface area contributed by atoms with Crippen LogP contribution in [0.3, 0.4) is 0 Å². The third-order valence-electron chi connectivity index (χ3n) is 2.86. The molecule has 7 heteroatoms. The molecule has 3 N–H and O–H groups in total. The van der Waals surface area contributed by atoms with Crippen LogP contribution in [0.2, 0.25) is 0 Å². The number of sulfonamides is 1. The average Bonchev–Trinajstić information content (AvgIpc) is 2.43. The van der Waals surface area contributed by atoms with Crippen molar-refractivity contribution >= 4 is 15.9 Å². The number of nitrogens with one attached hydrogen (secondary N) is 3. The van der Waals surface area contributed by atoms with E-state index in [4.69, 9.17) is 0 Å². The highest BCUT2D eigenvalue weighted by Gasteiger charge is 2.17. The third-order valence-corrected chi connectivity index (χ3v) is 4.52. The van der Waals surface area contributed by atoms with Crippen molar-refractivity contribution in [3.63, 3.8) is 0 Å². The highest BCUT2D eigenvalue weighted by molar-refractivity contribution is 7.89. The Balaban J connectivity index is 2.88. The molecule has 0 saturated carbocycles. The Labute approximate surface area is 126 Å². The highest BCUT2D eigenvalue weighted by atomic mass is 32.2. The van der Waals surface area contributed by atoms with Gasteiger partial charge in [0, 0.05) is 24.2 Å². The molecule has 1 atom stereocenters. The van der Waals surface area contributed by atoms with Crippen LogP contribution < -0.4 is 15.4 Å². The molecule has 118 valence electrons. The molecule has 0 saturated heterocycles. The first-order chi connectivity index (χ1) is 9.76. The van der Waals surface area contributed by atoms with Crippen molar-refractivity contribution in [1.82, 2.24) is 15.4 Å². The van der Waals surface area contributed by atoms with Crippen LogP contribution >= 0.6 is 0 Å². The number of hydrogen-bond donors (Lipinski definition) is 3. The average molecular weight is 313 g/mol. The minimum atomic E-state index is -3.59. The minimum absolute atomic E-state index is 0.0884. The van der Waals surface area contributed by atoms with Gasteiger partial charge in [-0.1, -0.05) is 6.07 Å². The zero-order chi connectivity index (χ0) is 16.0. The Morgan fingerprint density at radius 1 is 1.24 bits per heavy atom. The lowest BCUT2D eigenvalue weighted by Gasteiger charge is -2.13. The van der Waals surface area contributed by atoms with Crippen molar-refractivity contribution in [2.75, 3.05) is 13.6 Å². The summed E-state index contributed by atoms with van der Waals surface area (Å²) in [6.07, 6.45) is 0. The second-order valence-electron chi connectivity index (χ2n) is 5.20. The molecule has 1 aromatic rings. The predicted octanol–water partition coefficient (Wildman–Crippen LogP) is 0.711. The zero-order valence-corrected chi connectivity index (χ0v) is 13.6. The fraction of sp³-hybridized carbons (Fsp3) is 0.500. The number of carbonyl (C=O) groups excluding carboxylic acids is 1. The first-order valence-electron chi connectivity index (χ1n) is 6.84. The van der Waals surface area contributed by atoms with Gasteiger partial charge in [-0.25, -0.2) is 13.1 Å². The van der Waals surface area contributed by atoms with E-state index in [-0.39, 0.29) is 22.9 Å². The normalized spacial score (nSPS) is 13.2. The number of hydrogen-bond acceptors (Lipinski definition) is 4. The Bertz CT molecular complexity index is 585. The predicted molar refractivity (Wildman–Crippen MR) is 82.8 cm³/mol. The Morgan fingerprint density at radius 2 is 1.90 bits per heavy atom. The van der Waals surface area contributed by atoms with Gasteiger partial charge in [-0.15, -0.1) is 0 Å². The lowest BCUT2D eigenvalue weighted by molar-refractivity contribution is 0.0950. The van der Waals surface area contributed by atoms with Crippen molar-refractivity contribution in [2.45, 2.75) is 37.8 Å². The van der Waals surface area contributed by atoms with Gasteiger partial charge in [0.15, 0.2) is 0 Å². The lowest BCUT2D eigenvalue weighted by atomic mass is 10.2. The molecule has 0 heterocycles. The van der Waals surface area contributed by atoms with Crippen LogP contribution in [0.15, 0.2) is 29.2 Å². The second-order valence-corrected chi connectivity index (χ2v) is 6.92. The molecule has 0 aliphatic rings. The summed E-state index contributed by atoms with van der Waals surface area (Å²) < 4.78 is 26.6. The van der Waals surface area contributed by atoms with Crippen molar-refractivity contribution in [1.29, 1.82) is 0 Å². The fourth-order valence-electron chi connectivity index (χ4n) is 1.63. The summed E-state index contributed by atoms with van der Waals surface area (Å²) in [5.41, 5.74) is 0.324. The fourth-order valence-corrected chi connectivity index (χ4v) is 2.93. The molecule has 1 aromatic carbocycles. The third kappa shape index (κ3) is 5.45. The molecule has 1 unspecified atom stereocenters. The Hall–Kier alpha value is -1.44. The smallest absolute Gasteiger partial charge is 0.251 e. The lowest BCUT2D eigenvalue weighted by Crippen LogP contribution is -2.37. The van der Waals surface area contributed by atoms with Crippen LogP contribution in [0.4, 0.5) is 0 Å². The van der Waals surface area contributed by atoms with E-state index in [0.29, 0.717) is 12.1 Å². The van der Waals surface area contributed by atoms with E-state index < -0.39 is 10.0 Å². The molecule has 1 amide bonds. The first kappa shape index (κ1) is 17.6. The van der Waals surface area contributed by atoms with E-state index >= 15 is 0 Å². The van der Waals surface area contributed by atoms with Crippen LogP contribution in [-0.4, -0.2) is 40.0 Å². The zero-order valence-electron chi connectivity index (χ0n) is 12.8. The molecule has 0 aliphatic carbocycles.